The van der Waals surface area contributed by atoms with Gasteiger partial charge in [-0.1, -0.05) is 6.92 Å². The van der Waals surface area contributed by atoms with Crippen LogP contribution in [0.25, 0.3) is 0 Å². The summed E-state index contributed by atoms with van der Waals surface area (Å²) >= 11 is 1.63. The van der Waals surface area contributed by atoms with Crippen molar-refractivity contribution in [1.82, 2.24) is 4.98 Å². The first-order valence-electron chi connectivity index (χ1n) is 6.67. The Balaban J connectivity index is 2.26. The van der Waals surface area contributed by atoms with E-state index < -0.39 is 5.97 Å². The van der Waals surface area contributed by atoms with E-state index in [1.54, 1.807) is 30.6 Å². The fraction of sp³-hybridized carbons (Fsp3) is 0.333. The van der Waals surface area contributed by atoms with Gasteiger partial charge < -0.3 is 15.2 Å². The monoisotopic (exact) mass is 306 g/mol. The molecule has 2 rings (SSSR count). The van der Waals surface area contributed by atoms with E-state index in [-0.39, 0.29) is 11.6 Å². The number of nitrogens with zero attached hydrogens (tertiary/aromatic N) is 1. The molecule has 0 saturated carbocycles. The molecular weight excluding hydrogens is 288 g/mol. The maximum atomic E-state index is 11.3. The summed E-state index contributed by atoms with van der Waals surface area (Å²) in [6.45, 7) is 4.05. The lowest BCUT2D eigenvalue weighted by atomic mass is 10.1. The summed E-state index contributed by atoms with van der Waals surface area (Å²) < 4.78 is 5.15. The number of thiazole rings is 1. The van der Waals surface area contributed by atoms with Crippen LogP contribution in [0.3, 0.4) is 0 Å². The van der Waals surface area contributed by atoms with E-state index in [9.17, 15) is 9.90 Å². The Hall–Kier alpha value is -2.08. The fourth-order valence-corrected chi connectivity index (χ4v) is 2.80. The molecule has 0 aliphatic rings. The Labute approximate surface area is 127 Å². The number of anilines is 1. The van der Waals surface area contributed by atoms with Crippen LogP contribution in [0.1, 0.15) is 40.1 Å². The third kappa shape index (κ3) is 3.52. The van der Waals surface area contributed by atoms with Gasteiger partial charge in [-0.2, -0.15) is 0 Å². The van der Waals surface area contributed by atoms with Crippen LogP contribution in [0.4, 0.5) is 5.69 Å². The minimum absolute atomic E-state index is 0.0690. The van der Waals surface area contributed by atoms with Gasteiger partial charge in [0.2, 0.25) is 0 Å². The first-order valence-corrected chi connectivity index (χ1v) is 7.49. The minimum atomic E-state index is -0.972. The number of carbonyl (C=O) groups is 1. The lowest BCUT2D eigenvalue weighted by Gasteiger charge is -2.15. The van der Waals surface area contributed by atoms with E-state index in [0.29, 0.717) is 11.4 Å². The molecule has 2 aromatic rings. The van der Waals surface area contributed by atoms with Crippen LogP contribution in [0.2, 0.25) is 0 Å². The zero-order valence-electron chi connectivity index (χ0n) is 12.2. The van der Waals surface area contributed by atoms with Gasteiger partial charge in [-0.3, -0.25) is 0 Å². The van der Waals surface area contributed by atoms with Crippen molar-refractivity contribution in [2.45, 2.75) is 26.3 Å². The summed E-state index contributed by atoms with van der Waals surface area (Å²) in [4.78, 5) is 16.9. The van der Waals surface area contributed by atoms with Gasteiger partial charge in [0.05, 0.1) is 24.4 Å². The Kier molecular flexibility index (Phi) is 4.80. The number of carboxylic acid groups (broad SMARTS) is 1. The number of hydrogen-bond acceptors (Lipinski definition) is 5. The number of carboxylic acids is 1. The first kappa shape index (κ1) is 15.3. The van der Waals surface area contributed by atoms with Gasteiger partial charge in [0.1, 0.15) is 10.8 Å². The van der Waals surface area contributed by atoms with Crippen LogP contribution in [0.15, 0.2) is 24.4 Å². The second-order valence-electron chi connectivity index (χ2n) is 4.60. The van der Waals surface area contributed by atoms with Crippen molar-refractivity contribution in [3.63, 3.8) is 0 Å². The van der Waals surface area contributed by atoms with Gasteiger partial charge >= 0.3 is 5.97 Å². The number of methoxy groups -OCH3 is 1. The van der Waals surface area contributed by atoms with Crippen LogP contribution < -0.4 is 10.1 Å². The zero-order chi connectivity index (χ0) is 15.4. The van der Waals surface area contributed by atoms with Gasteiger partial charge in [-0.05, 0) is 25.5 Å². The Morgan fingerprint density at radius 3 is 2.86 bits per heavy atom. The normalized spacial score (nSPS) is 12.0. The molecule has 1 aromatic heterocycles. The largest absolute Gasteiger partial charge is 0.497 e. The van der Waals surface area contributed by atoms with Crippen LogP contribution in [0, 0.1) is 0 Å². The lowest BCUT2D eigenvalue weighted by Crippen LogP contribution is -2.10. The number of benzene rings is 1. The maximum Gasteiger partial charge on any atom is 0.337 e. The highest BCUT2D eigenvalue weighted by Gasteiger charge is 2.16. The predicted molar refractivity (Wildman–Crippen MR) is 83.5 cm³/mol. The van der Waals surface area contributed by atoms with Crippen molar-refractivity contribution in [2.24, 2.45) is 0 Å². The Bertz CT molecular complexity index is 640. The summed E-state index contributed by atoms with van der Waals surface area (Å²) in [5.41, 5.74) is 0.748. The van der Waals surface area contributed by atoms with Crippen LogP contribution >= 0.6 is 11.3 Å². The quantitative estimate of drug-likeness (QED) is 0.853. The van der Waals surface area contributed by atoms with Gasteiger partial charge in [0.15, 0.2) is 0 Å². The van der Waals surface area contributed by atoms with Gasteiger partial charge in [0.25, 0.3) is 0 Å². The molecule has 6 heteroatoms. The molecule has 0 fully saturated rings. The van der Waals surface area contributed by atoms with E-state index >= 15 is 0 Å². The van der Waals surface area contributed by atoms with Crippen molar-refractivity contribution < 1.29 is 14.6 Å². The molecule has 0 aliphatic heterocycles. The molecule has 0 radical (unpaired) electrons. The molecule has 0 saturated heterocycles. The maximum absolute atomic E-state index is 11.3. The van der Waals surface area contributed by atoms with Crippen molar-refractivity contribution in [3.05, 3.63) is 39.8 Å². The third-order valence-electron chi connectivity index (χ3n) is 3.12. The summed E-state index contributed by atoms with van der Waals surface area (Å²) in [6, 6.07) is 4.79. The third-order valence-corrected chi connectivity index (χ3v) is 4.44. The van der Waals surface area contributed by atoms with E-state index in [1.165, 1.54) is 10.9 Å². The van der Waals surface area contributed by atoms with Crippen molar-refractivity contribution >= 4 is 23.0 Å². The summed E-state index contributed by atoms with van der Waals surface area (Å²) in [6.07, 6.45) is 2.81. The standard InChI is InChI=1S/C15H18N2O3S/c1-4-11-8-16-14(21-11)9(2)17-13-7-10(20-3)5-6-12(13)15(18)19/h5-9,17H,4H2,1-3H3,(H,18,19). The predicted octanol–water partition coefficient (Wildman–Crippen LogP) is 3.59. The van der Waals surface area contributed by atoms with Gasteiger partial charge in [-0.15, -0.1) is 11.3 Å². The average Bonchev–Trinajstić information content (AvgIpc) is 2.95. The highest BCUT2D eigenvalue weighted by molar-refractivity contribution is 7.11. The van der Waals surface area contributed by atoms with E-state index in [1.807, 2.05) is 13.1 Å². The van der Waals surface area contributed by atoms with Gasteiger partial charge in [-0.25, -0.2) is 9.78 Å². The lowest BCUT2D eigenvalue weighted by molar-refractivity contribution is 0.0698. The highest BCUT2D eigenvalue weighted by Crippen LogP contribution is 2.28. The van der Waals surface area contributed by atoms with Crippen LogP contribution in [-0.2, 0) is 6.42 Å². The minimum Gasteiger partial charge on any atom is -0.497 e. The summed E-state index contributed by atoms with van der Waals surface area (Å²) in [5.74, 6) is -0.358. The van der Waals surface area contributed by atoms with Crippen molar-refractivity contribution in [2.75, 3.05) is 12.4 Å². The molecule has 0 amide bonds. The zero-order valence-corrected chi connectivity index (χ0v) is 13.0. The fourth-order valence-electron chi connectivity index (χ4n) is 1.94. The average molecular weight is 306 g/mol. The number of rotatable bonds is 6. The SMILES string of the molecule is CCc1cnc(C(C)Nc2cc(OC)ccc2C(=O)O)s1. The second-order valence-corrected chi connectivity index (χ2v) is 5.75. The molecule has 2 N–H and O–H groups in total. The molecular formula is C15H18N2O3S. The van der Waals surface area contributed by atoms with E-state index in [0.717, 1.165) is 11.4 Å². The Morgan fingerprint density at radius 1 is 1.52 bits per heavy atom. The number of hydrogen-bond donors (Lipinski definition) is 2. The molecule has 0 aliphatic carbocycles. The van der Waals surface area contributed by atoms with Crippen LogP contribution in [-0.4, -0.2) is 23.2 Å². The van der Waals surface area contributed by atoms with Crippen molar-refractivity contribution in [1.29, 1.82) is 0 Å². The topological polar surface area (TPSA) is 71.5 Å². The number of ether oxygens (including phenoxy) is 1. The van der Waals surface area contributed by atoms with E-state index in [4.69, 9.17) is 4.74 Å². The molecule has 5 nitrogen and oxygen atoms in total. The number of aromatic carboxylic acids is 1. The highest BCUT2D eigenvalue weighted by atomic mass is 32.1. The number of aryl methyl sites for hydroxylation is 1. The second kappa shape index (κ2) is 6.58. The summed E-state index contributed by atoms with van der Waals surface area (Å²) in [5, 5.41) is 13.4. The van der Waals surface area contributed by atoms with Crippen molar-refractivity contribution in [3.8, 4) is 5.75 Å². The Morgan fingerprint density at radius 2 is 2.29 bits per heavy atom. The van der Waals surface area contributed by atoms with Crippen LogP contribution in [0.5, 0.6) is 5.75 Å². The number of aromatic nitrogens is 1. The molecule has 1 unspecified atom stereocenters. The molecule has 0 spiro atoms. The van der Waals surface area contributed by atoms with Gasteiger partial charge in [0, 0.05) is 17.1 Å². The molecule has 21 heavy (non-hydrogen) atoms. The molecule has 112 valence electrons. The van der Waals surface area contributed by atoms with E-state index in [2.05, 4.69) is 17.2 Å². The molecule has 0 bridgehead atoms. The molecule has 1 heterocycles. The molecule has 1 aromatic carbocycles. The summed E-state index contributed by atoms with van der Waals surface area (Å²) in [7, 11) is 1.55. The first-order chi connectivity index (χ1) is 10.0. The number of nitrogens with one attached hydrogen (secondary N) is 1. The molecule has 1 atom stereocenters. The smallest absolute Gasteiger partial charge is 0.337 e.